The van der Waals surface area contributed by atoms with E-state index in [0.29, 0.717) is 48.1 Å². The minimum Gasteiger partial charge on any atom is -0.377 e. The second-order valence-corrected chi connectivity index (χ2v) is 14.1. The third-order valence-corrected chi connectivity index (χ3v) is 10.7. The number of hydrogen-bond acceptors (Lipinski definition) is 9. The molecule has 12 nitrogen and oxygen atoms in total. The van der Waals surface area contributed by atoms with Gasteiger partial charge in [0, 0.05) is 66.8 Å². The average molecular weight is 652 g/mol. The van der Waals surface area contributed by atoms with Crippen LogP contribution in [0, 0.1) is 0 Å². The predicted octanol–water partition coefficient (Wildman–Crippen LogP) is 4.85. The lowest BCUT2D eigenvalue weighted by Crippen LogP contribution is -2.49. The molecule has 2 bridgehead atoms. The molecule has 12 heteroatoms. The number of nitrogens with one attached hydrogen (secondary N) is 2. The van der Waals surface area contributed by atoms with Gasteiger partial charge in [-0.05, 0) is 101 Å². The maximum absolute atomic E-state index is 13.0. The fourth-order valence-electron chi connectivity index (χ4n) is 7.86. The van der Waals surface area contributed by atoms with Crippen LogP contribution in [0.4, 0.5) is 28.1 Å². The first-order valence-electron chi connectivity index (χ1n) is 17.6. The van der Waals surface area contributed by atoms with Gasteiger partial charge in [0.15, 0.2) is 5.82 Å². The molecule has 4 unspecified atom stereocenters. The maximum Gasteiger partial charge on any atom is 0.323 e. The summed E-state index contributed by atoms with van der Waals surface area (Å²) in [7, 11) is 0. The minimum atomic E-state index is -0.359. The van der Waals surface area contributed by atoms with E-state index in [1.54, 1.807) is 24.3 Å². The Labute approximate surface area is 281 Å². The van der Waals surface area contributed by atoms with Crippen molar-refractivity contribution < 1.29 is 14.3 Å². The molecular formula is C36H45N9O3. The van der Waals surface area contributed by atoms with Gasteiger partial charge in [-0.15, -0.1) is 0 Å². The number of fused-ring (bicyclic) bond motifs is 2. The monoisotopic (exact) mass is 651 g/mol. The van der Waals surface area contributed by atoms with Crippen LogP contribution >= 0.6 is 0 Å². The molecule has 4 atom stereocenters. The maximum atomic E-state index is 13.0. The van der Waals surface area contributed by atoms with Gasteiger partial charge < -0.3 is 30.1 Å². The van der Waals surface area contributed by atoms with Crippen LogP contribution in [-0.4, -0.2) is 106 Å². The number of ether oxygens (including phenoxy) is 1. The van der Waals surface area contributed by atoms with Crippen molar-refractivity contribution >= 4 is 35.2 Å². The summed E-state index contributed by atoms with van der Waals surface area (Å²) in [5.74, 6) is 2.12. The number of aromatic nitrogens is 3. The number of benzene rings is 2. The quantitative estimate of drug-likeness (QED) is 0.370. The number of anilines is 4. The summed E-state index contributed by atoms with van der Waals surface area (Å²) in [6, 6.07) is 16.4. The predicted molar refractivity (Wildman–Crippen MR) is 186 cm³/mol. The van der Waals surface area contributed by atoms with Gasteiger partial charge in [0.1, 0.15) is 0 Å². The zero-order chi connectivity index (χ0) is 32.8. The van der Waals surface area contributed by atoms with Crippen molar-refractivity contribution in [2.75, 3.05) is 59.8 Å². The molecule has 5 fully saturated rings. The first-order valence-corrected chi connectivity index (χ1v) is 17.6. The van der Waals surface area contributed by atoms with Crippen LogP contribution in [0.25, 0.3) is 11.4 Å². The molecule has 4 saturated heterocycles. The van der Waals surface area contributed by atoms with Crippen molar-refractivity contribution in [3.05, 3.63) is 54.1 Å². The number of piperazine rings is 1. The average Bonchev–Trinajstić information content (AvgIpc) is 3.86. The molecule has 5 heterocycles. The molecule has 8 rings (SSSR count). The molecule has 2 N–H and O–H groups in total. The van der Waals surface area contributed by atoms with Crippen molar-refractivity contribution in [1.82, 2.24) is 24.8 Å². The molecule has 0 radical (unpaired) electrons. The van der Waals surface area contributed by atoms with Crippen LogP contribution in [0.2, 0.25) is 0 Å². The molecule has 48 heavy (non-hydrogen) atoms. The molecule has 1 aromatic heterocycles. The van der Waals surface area contributed by atoms with Gasteiger partial charge >= 0.3 is 6.03 Å². The Bertz CT molecular complexity index is 1610. The summed E-state index contributed by atoms with van der Waals surface area (Å²) in [6.07, 6.45) is 6.97. The van der Waals surface area contributed by atoms with E-state index in [4.69, 9.17) is 19.7 Å². The first-order chi connectivity index (χ1) is 23.4. The third-order valence-electron chi connectivity index (χ3n) is 10.7. The van der Waals surface area contributed by atoms with Crippen LogP contribution in [0.3, 0.4) is 0 Å². The van der Waals surface area contributed by atoms with Gasteiger partial charge in [0.25, 0.3) is 5.91 Å². The van der Waals surface area contributed by atoms with E-state index in [0.717, 1.165) is 75.4 Å². The summed E-state index contributed by atoms with van der Waals surface area (Å²) in [5, 5.41) is 5.79. The molecule has 3 aromatic rings. The second kappa shape index (κ2) is 13.0. The normalized spacial score (nSPS) is 25.8. The Morgan fingerprint density at radius 2 is 1.21 bits per heavy atom. The topological polar surface area (TPSA) is 119 Å². The SMILES string of the molecule is CC1CCC(C)N1c1nc(-c2ccc(NC(=O)Nc3ccc(C(=O)N4CCN(C5CC5)CC4)cc3)cc2)nc(N2C3CCC2COC3)n1. The molecule has 1 saturated carbocycles. The lowest BCUT2D eigenvalue weighted by atomic mass is 10.1. The van der Waals surface area contributed by atoms with Crippen LogP contribution in [-0.2, 0) is 4.74 Å². The molecule has 5 aliphatic rings. The van der Waals surface area contributed by atoms with E-state index in [1.165, 1.54) is 12.8 Å². The highest BCUT2D eigenvalue weighted by Crippen LogP contribution is 2.36. The minimum absolute atomic E-state index is 0.0423. The number of carbonyl (C=O) groups excluding carboxylic acids is 2. The highest BCUT2D eigenvalue weighted by molar-refractivity contribution is 6.00. The van der Waals surface area contributed by atoms with Gasteiger partial charge in [-0.1, -0.05) is 0 Å². The fourth-order valence-corrected chi connectivity index (χ4v) is 7.86. The lowest BCUT2D eigenvalue weighted by Gasteiger charge is -2.35. The van der Waals surface area contributed by atoms with Crippen LogP contribution < -0.4 is 20.4 Å². The number of hydrogen-bond donors (Lipinski definition) is 2. The lowest BCUT2D eigenvalue weighted by molar-refractivity contribution is 0.0627. The summed E-state index contributed by atoms with van der Waals surface area (Å²) < 4.78 is 5.84. The highest BCUT2D eigenvalue weighted by atomic mass is 16.5. The Balaban J connectivity index is 0.928. The zero-order valence-electron chi connectivity index (χ0n) is 27.8. The Kier molecular flexibility index (Phi) is 8.37. The number of carbonyl (C=O) groups is 2. The fraction of sp³-hybridized carbons (Fsp3) is 0.528. The van der Waals surface area contributed by atoms with Gasteiger partial charge in [-0.25, -0.2) is 4.79 Å². The van der Waals surface area contributed by atoms with E-state index in [9.17, 15) is 9.59 Å². The Hall–Kier alpha value is -4.29. The smallest absolute Gasteiger partial charge is 0.323 e. The standard InChI is InChI=1S/C36H45N9O3/c1-23-3-4-24(2)44(23)34-39-32(40-35(41-34)45-30-15-16-31(45)22-48-21-30)25-5-9-27(10-6-25)37-36(47)38-28-11-7-26(8-12-28)33(46)43-19-17-42(18-20-43)29-13-14-29/h5-12,23-24,29-31H,3-4,13-22H2,1-2H3,(H2,37,38,47). The molecule has 0 spiro atoms. The van der Waals surface area contributed by atoms with Crippen molar-refractivity contribution in [3.63, 3.8) is 0 Å². The summed E-state index contributed by atoms with van der Waals surface area (Å²) in [4.78, 5) is 50.0. The van der Waals surface area contributed by atoms with Crippen LogP contribution in [0.15, 0.2) is 48.5 Å². The Morgan fingerprint density at radius 3 is 1.79 bits per heavy atom. The van der Waals surface area contributed by atoms with Crippen molar-refractivity contribution in [2.45, 2.75) is 82.6 Å². The van der Waals surface area contributed by atoms with Crippen molar-refractivity contribution in [3.8, 4) is 11.4 Å². The van der Waals surface area contributed by atoms with Gasteiger partial charge in [0.2, 0.25) is 11.9 Å². The molecule has 4 aliphatic heterocycles. The van der Waals surface area contributed by atoms with Crippen molar-refractivity contribution in [2.24, 2.45) is 0 Å². The summed E-state index contributed by atoms with van der Waals surface area (Å²) in [5.41, 5.74) is 2.76. The largest absolute Gasteiger partial charge is 0.377 e. The van der Waals surface area contributed by atoms with Gasteiger partial charge in [-0.3, -0.25) is 9.69 Å². The number of morpholine rings is 1. The van der Waals surface area contributed by atoms with Crippen LogP contribution in [0.5, 0.6) is 0 Å². The second-order valence-electron chi connectivity index (χ2n) is 14.1. The zero-order valence-corrected chi connectivity index (χ0v) is 27.8. The van der Waals surface area contributed by atoms with Gasteiger partial charge in [-0.2, -0.15) is 15.0 Å². The first kappa shape index (κ1) is 31.0. The summed E-state index contributed by atoms with van der Waals surface area (Å²) in [6.45, 7) is 9.29. The third kappa shape index (κ3) is 6.30. The van der Waals surface area contributed by atoms with Crippen LogP contribution in [0.1, 0.15) is 62.7 Å². The van der Waals surface area contributed by atoms with E-state index in [-0.39, 0.29) is 24.0 Å². The molecule has 3 amide bonds. The number of urea groups is 1. The summed E-state index contributed by atoms with van der Waals surface area (Å²) >= 11 is 0. The molecule has 1 aliphatic carbocycles. The van der Waals surface area contributed by atoms with E-state index < -0.39 is 0 Å². The molecular weight excluding hydrogens is 606 g/mol. The number of amides is 3. The Morgan fingerprint density at radius 1 is 0.667 bits per heavy atom. The van der Waals surface area contributed by atoms with E-state index in [1.807, 2.05) is 29.2 Å². The molecule has 2 aromatic carbocycles. The van der Waals surface area contributed by atoms with E-state index in [2.05, 4.69) is 39.2 Å². The van der Waals surface area contributed by atoms with Gasteiger partial charge in [0.05, 0.1) is 25.3 Å². The van der Waals surface area contributed by atoms with E-state index >= 15 is 0 Å². The highest BCUT2D eigenvalue weighted by Gasteiger charge is 2.40. The number of nitrogens with zero attached hydrogens (tertiary/aromatic N) is 7. The molecule has 252 valence electrons. The number of rotatable bonds is 7. The van der Waals surface area contributed by atoms with Crippen molar-refractivity contribution in [1.29, 1.82) is 0 Å².